The molecule has 6 nitrogen and oxygen atoms in total. The van der Waals surface area contributed by atoms with E-state index in [1.807, 2.05) is 13.0 Å². The van der Waals surface area contributed by atoms with Gasteiger partial charge in [0, 0.05) is 15.7 Å². The van der Waals surface area contributed by atoms with Crippen LogP contribution in [0.3, 0.4) is 0 Å². The highest BCUT2D eigenvalue weighted by Crippen LogP contribution is 2.39. The second-order valence-electron chi connectivity index (χ2n) is 5.47. The van der Waals surface area contributed by atoms with Crippen LogP contribution in [0.5, 0.6) is 17.2 Å². The fourth-order valence-electron chi connectivity index (χ4n) is 2.41. The van der Waals surface area contributed by atoms with Crippen molar-refractivity contribution in [3.63, 3.8) is 0 Å². The first-order valence-electron chi connectivity index (χ1n) is 8.19. The minimum Gasteiger partial charge on any atom is -0.493 e. The molecule has 2 aromatic carbocycles. The highest BCUT2D eigenvalue weighted by Gasteiger charge is 2.15. The first-order valence-corrected chi connectivity index (χ1v) is 8.95. The molecule has 8 heteroatoms. The fourth-order valence-corrected chi connectivity index (χ4v) is 2.94. The van der Waals surface area contributed by atoms with Crippen LogP contribution in [0, 0.1) is 11.3 Å². The Hall–Kier alpha value is -2.88. The molecule has 0 bridgehead atoms. The summed E-state index contributed by atoms with van der Waals surface area (Å²) in [5, 5.41) is 12.8. The minimum absolute atomic E-state index is 0.121. The van der Waals surface area contributed by atoms with Gasteiger partial charge in [0.25, 0.3) is 5.91 Å². The molecule has 0 fully saturated rings. The van der Waals surface area contributed by atoms with E-state index >= 15 is 0 Å². The molecule has 1 N–H and O–H groups in total. The molecule has 146 valence electrons. The normalized spacial score (nSPS) is 10.8. The van der Waals surface area contributed by atoms with E-state index in [-0.39, 0.29) is 5.57 Å². The van der Waals surface area contributed by atoms with E-state index in [1.54, 1.807) is 12.1 Å². The standard InChI is InChI=1S/C20H18Cl2N2O4/c1-4-28-19-17(26-2)6-12(7-18(19)27-3)5-13(11-23)20(25)24-16-9-14(21)8-15(22)10-16/h5-10H,4H2,1-3H3,(H,24,25). The summed E-state index contributed by atoms with van der Waals surface area (Å²) in [6.45, 7) is 2.27. The lowest BCUT2D eigenvalue weighted by Gasteiger charge is -2.14. The number of anilines is 1. The smallest absolute Gasteiger partial charge is 0.266 e. The lowest BCUT2D eigenvalue weighted by molar-refractivity contribution is -0.112. The first kappa shape index (κ1) is 21.4. The zero-order chi connectivity index (χ0) is 20.7. The SMILES string of the molecule is CCOc1c(OC)cc(C=C(C#N)C(=O)Nc2cc(Cl)cc(Cl)c2)cc1OC. The highest BCUT2D eigenvalue weighted by molar-refractivity contribution is 6.35. The van der Waals surface area contributed by atoms with Gasteiger partial charge in [-0.3, -0.25) is 4.79 Å². The molecule has 0 aliphatic carbocycles. The summed E-state index contributed by atoms with van der Waals surface area (Å²) in [6, 6.07) is 9.78. The molecule has 0 unspecified atom stereocenters. The van der Waals surface area contributed by atoms with Gasteiger partial charge in [-0.15, -0.1) is 0 Å². The predicted octanol–water partition coefficient (Wildman–Crippen LogP) is 4.95. The van der Waals surface area contributed by atoms with Crippen LogP contribution in [0.25, 0.3) is 6.08 Å². The molecular formula is C20H18Cl2N2O4. The number of rotatable bonds is 7. The average molecular weight is 421 g/mol. The molecule has 0 saturated heterocycles. The molecule has 2 rings (SSSR count). The summed E-state index contributed by atoms with van der Waals surface area (Å²) in [5.41, 5.74) is 0.794. The molecule has 28 heavy (non-hydrogen) atoms. The van der Waals surface area contributed by atoms with Crippen molar-refractivity contribution in [1.82, 2.24) is 0 Å². The van der Waals surface area contributed by atoms with Crippen LogP contribution in [0.4, 0.5) is 5.69 Å². The summed E-state index contributed by atoms with van der Waals surface area (Å²) in [7, 11) is 2.98. The van der Waals surface area contributed by atoms with Gasteiger partial charge in [0.1, 0.15) is 11.6 Å². The van der Waals surface area contributed by atoms with Crippen LogP contribution in [-0.2, 0) is 4.79 Å². The van der Waals surface area contributed by atoms with Gasteiger partial charge >= 0.3 is 0 Å². The Morgan fingerprint density at radius 3 is 2.14 bits per heavy atom. The topological polar surface area (TPSA) is 80.6 Å². The molecule has 0 saturated carbocycles. The van der Waals surface area contributed by atoms with Crippen LogP contribution in [-0.4, -0.2) is 26.7 Å². The average Bonchev–Trinajstić information content (AvgIpc) is 2.65. The van der Waals surface area contributed by atoms with Crippen LogP contribution >= 0.6 is 23.2 Å². The number of amides is 1. The number of ether oxygens (including phenoxy) is 3. The minimum atomic E-state index is -0.604. The molecule has 1 amide bonds. The summed E-state index contributed by atoms with van der Waals surface area (Å²) >= 11 is 11.9. The van der Waals surface area contributed by atoms with Crippen LogP contribution in [0.15, 0.2) is 35.9 Å². The summed E-state index contributed by atoms with van der Waals surface area (Å²) in [6.07, 6.45) is 1.42. The number of benzene rings is 2. The Morgan fingerprint density at radius 1 is 1.11 bits per heavy atom. The maximum Gasteiger partial charge on any atom is 0.266 e. The van der Waals surface area contributed by atoms with E-state index in [1.165, 1.54) is 38.5 Å². The second kappa shape index (κ2) is 9.88. The van der Waals surface area contributed by atoms with Crippen molar-refractivity contribution in [2.45, 2.75) is 6.92 Å². The van der Waals surface area contributed by atoms with Crippen molar-refractivity contribution in [3.8, 4) is 23.3 Å². The number of carbonyl (C=O) groups excluding carboxylic acids is 1. The molecule has 0 heterocycles. The second-order valence-corrected chi connectivity index (χ2v) is 6.34. The summed E-state index contributed by atoms with van der Waals surface area (Å²) in [4.78, 5) is 12.5. The van der Waals surface area contributed by atoms with Crippen molar-refractivity contribution in [1.29, 1.82) is 5.26 Å². The summed E-state index contributed by atoms with van der Waals surface area (Å²) < 4.78 is 16.2. The Bertz CT molecular complexity index is 906. The molecule has 0 radical (unpaired) electrons. The van der Waals surface area contributed by atoms with Gasteiger partial charge in [-0.05, 0) is 48.9 Å². The van der Waals surface area contributed by atoms with Gasteiger partial charge in [0.2, 0.25) is 5.75 Å². The number of nitrogens with zero attached hydrogens (tertiary/aromatic N) is 1. The van der Waals surface area contributed by atoms with Gasteiger partial charge in [-0.1, -0.05) is 23.2 Å². The lowest BCUT2D eigenvalue weighted by atomic mass is 10.1. The van der Waals surface area contributed by atoms with E-state index in [0.717, 1.165) is 0 Å². The van der Waals surface area contributed by atoms with Crippen molar-refractivity contribution in [2.24, 2.45) is 0 Å². The van der Waals surface area contributed by atoms with Crippen molar-refractivity contribution < 1.29 is 19.0 Å². The number of hydrogen-bond acceptors (Lipinski definition) is 5. The van der Waals surface area contributed by atoms with E-state index in [2.05, 4.69) is 5.32 Å². The van der Waals surface area contributed by atoms with E-state index in [4.69, 9.17) is 37.4 Å². The van der Waals surface area contributed by atoms with E-state index < -0.39 is 5.91 Å². The maximum atomic E-state index is 12.5. The Balaban J connectivity index is 2.37. The van der Waals surface area contributed by atoms with Crippen LogP contribution in [0.2, 0.25) is 10.0 Å². The molecule has 0 aliphatic heterocycles. The fraction of sp³-hybridized carbons (Fsp3) is 0.200. The third-order valence-electron chi connectivity index (χ3n) is 3.57. The Kier molecular flexibility index (Phi) is 7.56. The summed E-state index contributed by atoms with van der Waals surface area (Å²) in [5.74, 6) is 0.687. The van der Waals surface area contributed by atoms with Crippen molar-refractivity contribution >= 4 is 40.9 Å². The third-order valence-corrected chi connectivity index (χ3v) is 4.00. The van der Waals surface area contributed by atoms with Gasteiger partial charge < -0.3 is 19.5 Å². The van der Waals surface area contributed by atoms with Crippen molar-refractivity contribution in [3.05, 3.63) is 51.5 Å². The molecular weight excluding hydrogens is 403 g/mol. The predicted molar refractivity (Wildman–Crippen MR) is 109 cm³/mol. The van der Waals surface area contributed by atoms with Gasteiger partial charge in [-0.2, -0.15) is 5.26 Å². The molecule has 0 aliphatic rings. The van der Waals surface area contributed by atoms with E-state index in [9.17, 15) is 10.1 Å². The largest absolute Gasteiger partial charge is 0.493 e. The number of carbonyl (C=O) groups is 1. The first-order chi connectivity index (χ1) is 13.4. The lowest BCUT2D eigenvalue weighted by Crippen LogP contribution is -2.13. The Morgan fingerprint density at radius 2 is 1.68 bits per heavy atom. The number of halogens is 2. The van der Waals surface area contributed by atoms with Gasteiger partial charge in [-0.25, -0.2) is 0 Å². The van der Waals surface area contributed by atoms with Crippen LogP contribution < -0.4 is 19.5 Å². The third kappa shape index (κ3) is 5.32. The molecule has 2 aromatic rings. The number of hydrogen-bond donors (Lipinski definition) is 1. The Labute approximate surface area is 173 Å². The zero-order valence-corrected chi connectivity index (χ0v) is 17.0. The molecule has 0 spiro atoms. The number of methoxy groups -OCH3 is 2. The molecule has 0 atom stereocenters. The monoisotopic (exact) mass is 420 g/mol. The molecule has 0 aromatic heterocycles. The number of nitriles is 1. The maximum absolute atomic E-state index is 12.5. The highest BCUT2D eigenvalue weighted by atomic mass is 35.5. The quantitative estimate of drug-likeness (QED) is 0.505. The van der Waals surface area contributed by atoms with Gasteiger partial charge in [0.05, 0.1) is 20.8 Å². The number of nitrogens with one attached hydrogen (secondary N) is 1. The van der Waals surface area contributed by atoms with Crippen LogP contribution in [0.1, 0.15) is 12.5 Å². The van der Waals surface area contributed by atoms with Crippen molar-refractivity contribution in [2.75, 3.05) is 26.1 Å². The zero-order valence-electron chi connectivity index (χ0n) is 15.5. The van der Waals surface area contributed by atoms with E-state index in [0.29, 0.717) is 45.2 Å². The van der Waals surface area contributed by atoms with Gasteiger partial charge in [0.15, 0.2) is 11.5 Å².